The van der Waals surface area contributed by atoms with Gasteiger partial charge in [-0.2, -0.15) is 0 Å². The van der Waals surface area contributed by atoms with Crippen molar-refractivity contribution >= 4 is 11.8 Å². The molecule has 2 amide bonds. The van der Waals surface area contributed by atoms with Gasteiger partial charge in [-0.05, 0) is 36.6 Å². The quantitative estimate of drug-likeness (QED) is 0.773. The lowest BCUT2D eigenvalue weighted by Gasteiger charge is -2.35. The highest BCUT2D eigenvalue weighted by atomic mass is 16.5. The summed E-state index contributed by atoms with van der Waals surface area (Å²) in [5.41, 5.74) is 2.17. The van der Waals surface area contributed by atoms with Gasteiger partial charge >= 0.3 is 0 Å². The van der Waals surface area contributed by atoms with Crippen LogP contribution < -0.4 is 5.32 Å². The molecule has 0 spiro atoms. The first-order chi connectivity index (χ1) is 12.7. The Morgan fingerprint density at radius 3 is 2.77 bits per heavy atom. The van der Waals surface area contributed by atoms with E-state index in [0.717, 1.165) is 17.5 Å². The Morgan fingerprint density at radius 2 is 2.04 bits per heavy atom. The molecule has 0 unspecified atom stereocenters. The van der Waals surface area contributed by atoms with Crippen molar-refractivity contribution < 1.29 is 18.7 Å². The Bertz CT molecular complexity index is 742. The number of carbonyl (C=O) groups excluding carboxylic acids is 2. The number of fused-ring (bicyclic) bond motifs is 1. The number of benzene rings is 1. The molecular formula is C20H24N2O4. The molecule has 1 atom stereocenters. The summed E-state index contributed by atoms with van der Waals surface area (Å²) in [6, 6.07) is 10.7. The molecule has 1 aliphatic heterocycles. The van der Waals surface area contributed by atoms with Gasteiger partial charge in [0.2, 0.25) is 5.91 Å². The summed E-state index contributed by atoms with van der Waals surface area (Å²) in [6.45, 7) is 4.14. The maximum atomic E-state index is 12.8. The lowest BCUT2D eigenvalue weighted by Crippen LogP contribution is -2.52. The first kappa shape index (κ1) is 18.2. The lowest BCUT2D eigenvalue weighted by atomic mass is 9.93. The van der Waals surface area contributed by atoms with Gasteiger partial charge in [0, 0.05) is 32.7 Å². The zero-order chi connectivity index (χ0) is 18.4. The van der Waals surface area contributed by atoms with E-state index in [1.807, 2.05) is 31.2 Å². The molecule has 0 fully saturated rings. The molecule has 1 N–H and O–H groups in total. The van der Waals surface area contributed by atoms with Gasteiger partial charge in [0.1, 0.15) is 6.04 Å². The van der Waals surface area contributed by atoms with E-state index >= 15 is 0 Å². The number of carbonyl (C=O) groups is 2. The molecule has 1 aliphatic rings. The number of ether oxygens (including phenoxy) is 1. The maximum absolute atomic E-state index is 12.8. The summed E-state index contributed by atoms with van der Waals surface area (Å²) < 4.78 is 10.5. The largest absolute Gasteiger partial charge is 0.459 e. The fourth-order valence-corrected chi connectivity index (χ4v) is 3.16. The van der Waals surface area contributed by atoms with Gasteiger partial charge in [0.15, 0.2) is 5.76 Å². The molecule has 6 nitrogen and oxygen atoms in total. The number of nitrogens with zero attached hydrogens (tertiary/aromatic N) is 1. The first-order valence-electron chi connectivity index (χ1n) is 8.97. The zero-order valence-electron chi connectivity index (χ0n) is 14.9. The van der Waals surface area contributed by atoms with E-state index < -0.39 is 6.04 Å². The van der Waals surface area contributed by atoms with Crippen molar-refractivity contribution in [3.63, 3.8) is 0 Å². The van der Waals surface area contributed by atoms with Gasteiger partial charge < -0.3 is 19.4 Å². The number of furan rings is 1. The molecule has 1 aromatic heterocycles. The second kappa shape index (κ2) is 8.67. The van der Waals surface area contributed by atoms with Crippen LogP contribution in [-0.2, 0) is 22.5 Å². The van der Waals surface area contributed by atoms with E-state index in [2.05, 4.69) is 5.32 Å². The smallest absolute Gasteiger partial charge is 0.290 e. The average molecular weight is 356 g/mol. The molecule has 1 aromatic carbocycles. The van der Waals surface area contributed by atoms with Gasteiger partial charge in [-0.3, -0.25) is 9.59 Å². The standard InChI is InChI=1S/C20H24N2O4/c1-2-25-11-6-10-21-19(23)17-13-15-7-3-4-8-16(15)14-22(17)20(24)18-9-5-12-26-18/h3-5,7-9,12,17H,2,6,10-11,13-14H2,1H3,(H,21,23)/t17-/m1/s1. The van der Waals surface area contributed by atoms with Crippen molar-refractivity contribution in [2.45, 2.75) is 32.4 Å². The zero-order valence-corrected chi connectivity index (χ0v) is 14.9. The summed E-state index contributed by atoms with van der Waals surface area (Å²) in [7, 11) is 0. The van der Waals surface area contributed by atoms with Crippen molar-refractivity contribution in [2.24, 2.45) is 0 Å². The van der Waals surface area contributed by atoms with Crippen LogP contribution in [0.3, 0.4) is 0 Å². The monoisotopic (exact) mass is 356 g/mol. The summed E-state index contributed by atoms with van der Waals surface area (Å²) in [6.07, 6.45) is 2.71. The van der Waals surface area contributed by atoms with E-state index in [1.54, 1.807) is 17.0 Å². The van der Waals surface area contributed by atoms with Crippen molar-refractivity contribution in [1.29, 1.82) is 0 Å². The predicted octanol–water partition coefficient (Wildman–Crippen LogP) is 2.39. The van der Waals surface area contributed by atoms with E-state index in [0.29, 0.717) is 32.7 Å². The van der Waals surface area contributed by atoms with Crippen molar-refractivity contribution in [3.05, 3.63) is 59.5 Å². The van der Waals surface area contributed by atoms with Crippen LogP contribution in [0.25, 0.3) is 0 Å². The molecule has 138 valence electrons. The maximum Gasteiger partial charge on any atom is 0.290 e. The fraction of sp³-hybridized carbons (Fsp3) is 0.400. The molecule has 26 heavy (non-hydrogen) atoms. The molecule has 0 saturated heterocycles. The predicted molar refractivity (Wildman–Crippen MR) is 96.6 cm³/mol. The minimum atomic E-state index is -0.547. The van der Waals surface area contributed by atoms with E-state index in [9.17, 15) is 9.59 Å². The third-order valence-corrected chi connectivity index (χ3v) is 4.51. The Balaban J connectivity index is 1.73. The highest BCUT2D eigenvalue weighted by Crippen LogP contribution is 2.25. The Hall–Kier alpha value is -2.60. The molecule has 0 bridgehead atoms. The normalized spacial score (nSPS) is 16.2. The summed E-state index contributed by atoms with van der Waals surface area (Å²) in [5, 5.41) is 2.93. The van der Waals surface area contributed by atoms with Crippen LogP contribution in [0.4, 0.5) is 0 Å². The number of rotatable bonds is 7. The summed E-state index contributed by atoms with van der Waals surface area (Å²) in [4.78, 5) is 27.2. The van der Waals surface area contributed by atoms with Crippen LogP contribution in [0, 0.1) is 0 Å². The van der Waals surface area contributed by atoms with Crippen molar-refractivity contribution in [1.82, 2.24) is 10.2 Å². The molecule has 0 saturated carbocycles. The van der Waals surface area contributed by atoms with Gasteiger partial charge in [0.25, 0.3) is 5.91 Å². The van der Waals surface area contributed by atoms with Crippen LogP contribution in [0.2, 0.25) is 0 Å². The number of amides is 2. The molecule has 6 heteroatoms. The topological polar surface area (TPSA) is 71.8 Å². The minimum absolute atomic E-state index is 0.143. The SMILES string of the molecule is CCOCCCNC(=O)[C@H]1Cc2ccccc2CN1C(=O)c1ccco1. The highest BCUT2D eigenvalue weighted by molar-refractivity contribution is 5.96. The first-order valence-corrected chi connectivity index (χ1v) is 8.97. The van der Waals surface area contributed by atoms with Crippen molar-refractivity contribution in [3.8, 4) is 0 Å². The Labute approximate surface area is 153 Å². The van der Waals surface area contributed by atoms with Crippen LogP contribution in [-0.4, -0.2) is 42.5 Å². The third kappa shape index (κ3) is 4.14. The number of nitrogens with one attached hydrogen (secondary N) is 1. The Morgan fingerprint density at radius 1 is 1.23 bits per heavy atom. The molecule has 3 rings (SSSR count). The van der Waals surface area contributed by atoms with Gasteiger partial charge in [-0.15, -0.1) is 0 Å². The fourth-order valence-electron chi connectivity index (χ4n) is 3.16. The third-order valence-electron chi connectivity index (χ3n) is 4.51. The van der Waals surface area contributed by atoms with Crippen LogP contribution in [0.1, 0.15) is 35.0 Å². The van der Waals surface area contributed by atoms with Gasteiger partial charge in [0.05, 0.1) is 6.26 Å². The second-order valence-corrected chi connectivity index (χ2v) is 6.24. The number of hydrogen-bond acceptors (Lipinski definition) is 4. The molecule has 0 radical (unpaired) electrons. The summed E-state index contributed by atoms with van der Waals surface area (Å²) >= 11 is 0. The van der Waals surface area contributed by atoms with Crippen LogP contribution in [0.5, 0.6) is 0 Å². The molecule has 2 aromatic rings. The Kier molecular flexibility index (Phi) is 6.07. The summed E-state index contributed by atoms with van der Waals surface area (Å²) in [5.74, 6) is -0.159. The molecular weight excluding hydrogens is 332 g/mol. The van der Waals surface area contributed by atoms with Crippen LogP contribution in [0.15, 0.2) is 47.1 Å². The average Bonchev–Trinajstić information content (AvgIpc) is 3.21. The van der Waals surface area contributed by atoms with Gasteiger partial charge in [-0.1, -0.05) is 24.3 Å². The molecule has 0 aliphatic carbocycles. The second-order valence-electron chi connectivity index (χ2n) is 6.24. The lowest BCUT2D eigenvalue weighted by molar-refractivity contribution is -0.126. The molecule has 2 heterocycles. The van der Waals surface area contributed by atoms with E-state index in [1.165, 1.54) is 6.26 Å². The number of hydrogen-bond donors (Lipinski definition) is 1. The van der Waals surface area contributed by atoms with Crippen LogP contribution >= 0.6 is 0 Å². The van der Waals surface area contributed by atoms with Gasteiger partial charge in [-0.25, -0.2) is 0 Å². The van der Waals surface area contributed by atoms with E-state index in [-0.39, 0.29) is 17.6 Å². The van der Waals surface area contributed by atoms with E-state index in [4.69, 9.17) is 9.15 Å². The van der Waals surface area contributed by atoms with Crippen molar-refractivity contribution in [2.75, 3.05) is 19.8 Å². The minimum Gasteiger partial charge on any atom is -0.459 e. The highest BCUT2D eigenvalue weighted by Gasteiger charge is 2.35.